The molecule has 140 valence electrons. The first-order valence-electron chi connectivity index (χ1n) is 10.2. The van der Waals surface area contributed by atoms with E-state index in [0.717, 1.165) is 38.6 Å². The zero-order chi connectivity index (χ0) is 17.5. The second-order valence-corrected chi connectivity index (χ2v) is 7.94. The maximum atomic E-state index is 9.48. The molecule has 0 amide bonds. The third-order valence-electron chi connectivity index (χ3n) is 5.65. The molecule has 0 unspecified atom stereocenters. The van der Waals surface area contributed by atoms with Crippen molar-refractivity contribution in [3.63, 3.8) is 0 Å². The summed E-state index contributed by atoms with van der Waals surface area (Å²) in [6, 6.07) is 9.14. The van der Waals surface area contributed by atoms with Gasteiger partial charge in [-0.25, -0.2) is 0 Å². The van der Waals surface area contributed by atoms with Crippen LogP contribution in [-0.4, -0.2) is 55.4 Å². The highest BCUT2D eigenvalue weighted by atomic mass is 16.3. The average Bonchev–Trinajstić information content (AvgIpc) is 2.64. The summed E-state index contributed by atoms with van der Waals surface area (Å²) < 4.78 is 0. The number of piperidine rings is 2. The molecule has 25 heavy (non-hydrogen) atoms. The summed E-state index contributed by atoms with van der Waals surface area (Å²) in [7, 11) is 0. The number of aliphatic hydroxyl groups excluding tert-OH is 1. The Labute approximate surface area is 153 Å². The Hall–Kier alpha value is -1.10. The van der Waals surface area contributed by atoms with E-state index in [2.05, 4.69) is 39.4 Å². The van der Waals surface area contributed by atoms with Gasteiger partial charge in [0.2, 0.25) is 0 Å². The van der Waals surface area contributed by atoms with E-state index in [-0.39, 0.29) is 6.10 Å². The number of likely N-dealkylation sites (tertiary alicyclic amines) is 1. The molecule has 2 N–H and O–H groups in total. The van der Waals surface area contributed by atoms with Crippen molar-refractivity contribution >= 4 is 5.69 Å². The molecule has 2 aliphatic heterocycles. The molecule has 2 fully saturated rings. The van der Waals surface area contributed by atoms with E-state index in [1.165, 1.54) is 56.4 Å². The van der Waals surface area contributed by atoms with Crippen molar-refractivity contribution in [3.8, 4) is 0 Å². The number of nitrogens with one attached hydrogen (secondary N) is 1. The van der Waals surface area contributed by atoms with Gasteiger partial charge in [-0.3, -0.25) is 0 Å². The van der Waals surface area contributed by atoms with Crippen molar-refractivity contribution < 1.29 is 5.11 Å². The van der Waals surface area contributed by atoms with Crippen LogP contribution in [0, 0.1) is 5.92 Å². The summed E-state index contributed by atoms with van der Waals surface area (Å²) in [6.07, 6.45) is 6.33. The van der Waals surface area contributed by atoms with Gasteiger partial charge in [-0.2, -0.15) is 0 Å². The third-order valence-corrected chi connectivity index (χ3v) is 5.65. The summed E-state index contributed by atoms with van der Waals surface area (Å²) in [5.74, 6) is 0.776. The van der Waals surface area contributed by atoms with Gasteiger partial charge in [-0.15, -0.1) is 0 Å². The van der Waals surface area contributed by atoms with E-state index in [4.69, 9.17) is 0 Å². The Morgan fingerprint density at radius 1 is 1.04 bits per heavy atom. The van der Waals surface area contributed by atoms with Crippen LogP contribution in [0.4, 0.5) is 5.69 Å². The summed E-state index contributed by atoms with van der Waals surface area (Å²) >= 11 is 0. The predicted molar refractivity (Wildman–Crippen MR) is 105 cm³/mol. The number of β-amino-alcohol motifs (C(OH)–C–C–N with tert-alkyl or cyclic N) is 1. The molecule has 0 bridgehead atoms. The SMILES string of the molecule is C[C@@H](O)CN1CCC(CNCc2ccc(N3CCCCC3)cc2)CC1. The van der Waals surface area contributed by atoms with E-state index in [1.54, 1.807) is 0 Å². The first-order valence-corrected chi connectivity index (χ1v) is 10.2. The Balaban J connectivity index is 1.35. The average molecular weight is 346 g/mol. The van der Waals surface area contributed by atoms with E-state index in [1.807, 2.05) is 6.92 Å². The minimum atomic E-state index is -0.206. The minimum Gasteiger partial charge on any atom is -0.392 e. The fourth-order valence-electron chi connectivity index (χ4n) is 4.14. The monoisotopic (exact) mass is 345 g/mol. The number of aliphatic hydroxyl groups is 1. The number of rotatable bonds is 7. The summed E-state index contributed by atoms with van der Waals surface area (Å²) in [5, 5.41) is 13.1. The van der Waals surface area contributed by atoms with Crippen LogP contribution in [0.15, 0.2) is 24.3 Å². The highest BCUT2D eigenvalue weighted by molar-refractivity contribution is 5.47. The molecule has 1 atom stereocenters. The number of benzene rings is 1. The molecule has 3 rings (SSSR count). The van der Waals surface area contributed by atoms with Crippen molar-refractivity contribution in [2.75, 3.05) is 44.2 Å². The Morgan fingerprint density at radius 3 is 2.36 bits per heavy atom. The van der Waals surface area contributed by atoms with Gasteiger partial charge in [0.05, 0.1) is 6.10 Å². The van der Waals surface area contributed by atoms with E-state index in [0.29, 0.717) is 0 Å². The molecule has 4 heteroatoms. The van der Waals surface area contributed by atoms with Gasteiger partial charge >= 0.3 is 0 Å². The van der Waals surface area contributed by atoms with Gasteiger partial charge in [0.15, 0.2) is 0 Å². The predicted octanol–water partition coefficient (Wildman–Crippen LogP) is 2.86. The zero-order valence-corrected chi connectivity index (χ0v) is 15.8. The van der Waals surface area contributed by atoms with Crippen LogP contribution in [0.3, 0.4) is 0 Å². The third kappa shape index (κ3) is 5.98. The second-order valence-electron chi connectivity index (χ2n) is 7.94. The molecule has 2 saturated heterocycles. The fraction of sp³-hybridized carbons (Fsp3) is 0.714. The molecular formula is C21H35N3O. The van der Waals surface area contributed by atoms with Gasteiger partial charge < -0.3 is 20.2 Å². The molecule has 0 aromatic heterocycles. The highest BCUT2D eigenvalue weighted by Crippen LogP contribution is 2.20. The van der Waals surface area contributed by atoms with Gasteiger partial charge in [0.1, 0.15) is 0 Å². The number of hydrogen-bond donors (Lipinski definition) is 2. The van der Waals surface area contributed by atoms with Crippen LogP contribution in [0.1, 0.15) is 44.6 Å². The molecule has 1 aromatic carbocycles. The highest BCUT2D eigenvalue weighted by Gasteiger charge is 2.19. The van der Waals surface area contributed by atoms with Crippen LogP contribution in [-0.2, 0) is 6.54 Å². The largest absolute Gasteiger partial charge is 0.392 e. The topological polar surface area (TPSA) is 38.7 Å². The lowest BCUT2D eigenvalue weighted by Gasteiger charge is -2.32. The van der Waals surface area contributed by atoms with Gasteiger partial charge in [0, 0.05) is 31.9 Å². The van der Waals surface area contributed by atoms with Crippen molar-refractivity contribution in [2.24, 2.45) is 5.92 Å². The van der Waals surface area contributed by atoms with Crippen LogP contribution >= 0.6 is 0 Å². The van der Waals surface area contributed by atoms with Crippen LogP contribution in [0.5, 0.6) is 0 Å². The Bertz CT molecular complexity index is 488. The number of hydrogen-bond acceptors (Lipinski definition) is 4. The maximum Gasteiger partial charge on any atom is 0.0639 e. The Kier molecular flexibility index (Phi) is 7.14. The molecule has 4 nitrogen and oxygen atoms in total. The fourth-order valence-corrected chi connectivity index (χ4v) is 4.14. The molecule has 0 spiro atoms. The summed E-state index contributed by atoms with van der Waals surface area (Å²) in [4.78, 5) is 4.90. The second kappa shape index (κ2) is 9.56. The molecule has 0 radical (unpaired) electrons. The summed E-state index contributed by atoms with van der Waals surface area (Å²) in [5.41, 5.74) is 2.77. The van der Waals surface area contributed by atoms with Crippen molar-refractivity contribution in [2.45, 2.75) is 51.7 Å². The maximum absolute atomic E-state index is 9.48. The van der Waals surface area contributed by atoms with Crippen LogP contribution < -0.4 is 10.2 Å². The number of anilines is 1. The first kappa shape index (κ1) is 18.7. The molecule has 1 aromatic rings. The minimum absolute atomic E-state index is 0.206. The van der Waals surface area contributed by atoms with Crippen molar-refractivity contribution in [1.29, 1.82) is 0 Å². The first-order chi connectivity index (χ1) is 12.2. The summed E-state index contributed by atoms with van der Waals surface area (Å²) in [6.45, 7) is 9.46. The lowest BCUT2D eigenvalue weighted by Crippen LogP contribution is -2.40. The van der Waals surface area contributed by atoms with E-state index < -0.39 is 0 Å². The normalized spacial score (nSPS) is 21.4. The molecular weight excluding hydrogens is 310 g/mol. The van der Waals surface area contributed by atoms with Gasteiger partial charge in [0.25, 0.3) is 0 Å². The van der Waals surface area contributed by atoms with Gasteiger partial charge in [-0.05, 0) is 82.3 Å². The van der Waals surface area contributed by atoms with Crippen molar-refractivity contribution in [1.82, 2.24) is 10.2 Å². The van der Waals surface area contributed by atoms with Crippen molar-refractivity contribution in [3.05, 3.63) is 29.8 Å². The zero-order valence-electron chi connectivity index (χ0n) is 15.8. The smallest absolute Gasteiger partial charge is 0.0639 e. The van der Waals surface area contributed by atoms with Gasteiger partial charge in [-0.1, -0.05) is 12.1 Å². The molecule has 2 heterocycles. The van der Waals surface area contributed by atoms with Crippen LogP contribution in [0.25, 0.3) is 0 Å². The van der Waals surface area contributed by atoms with Crippen LogP contribution in [0.2, 0.25) is 0 Å². The van der Waals surface area contributed by atoms with E-state index >= 15 is 0 Å². The lowest BCUT2D eigenvalue weighted by atomic mass is 9.96. The van der Waals surface area contributed by atoms with E-state index in [9.17, 15) is 5.11 Å². The standard InChI is InChI=1S/C21H35N3O/c1-18(25)17-23-13-9-20(10-14-23)16-22-15-19-5-7-21(8-6-19)24-11-3-2-4-12-24/h5-8,18,20,22,25H,2-4,9-17H2,1H3/t18-/m1/s1. The molecule has 2 aliphatic rings. The number of nitrogens with zero attached hydrogens (tertiary/aromatic N) is 2. The molecule has 0 aliphatic carbocycles. The quantitative estimate of drug-likeness (QED) is 0.797. The lowest BCUT2D eigenvalue weighted by molar-refractivity contribution is 0.0998. The molecule has 0 saturated carbocycles. The Morgan fingerprint density at radius 2 is 1.72 bits per heavy atom.